The van der Waals surface area contributed by atoms with Gasteiger partial charge in [0, 0.05) is 17.7 Å². The van der Waals surface area contributed by atoms with E-state index in [1.807, 2.05) is 6.92 Å². The number of nitrogens with one attached hydrogen (secondary N) is 1. The molecule has 1 N–H and O–H groups in total. The zero-order valence-corrected chi connectivity index (χ0v) is 16.1. The van der Waals surface area contributed by atoms with Crippen LogP contribution in [0, 0.1) is 5.92 Å². The average Bonchev–Trinajstić information content (AvgIpc) is 2.56. The minimum atomic E-state index is -0.645. The number of hydrogen-bond donors (Lipinski definition) is 1. The summed E-state index contributed by atoms with van der Waals surface area (Å²) < 4.78 is 10.2. The molecule has 0 fully saturated rings. The molecule has 3 atom stereocenters. The third kappa shape index (κ3) is 3.77. The van der Waals surface area contributed by atoms with Gasteiger partial charge in [-0.2, -0.15) is 0 Å². The quantitative estimate of drug-likeness (QED) is 0.800. The summed E-state index contributed by atoms with van der Waals surface area (Å²) in [6.07, 6.45) is 0. The molecule has 0 saturated heterocycles. The predicted molar refractivity (Wildman–Crippen MR) is 96.6 cm³/mol. The lowest BCUT2D eigenvalue weighted by Crippen LogP contribution is -2.47. The molecule has 5 nitrogen and oxygen atoms in total. The first kappa shape index (κ1) is 19.6. The Bertz CT molecular complexity index is 717. The van der Waals surface area contributed by atoms with Gasteiger partial charge in [-0.05, 0) is 32.4 Å². The fraction of sp³-hybridized carbons (Fsp3) is 0.444. The molecular formula is C18H21Cl2NO4. The van der Waals surface area contributed by atoms with Crippen molar-refractivity contribution in [3.05, 3.63) is 45.1 Å². The Morgan fingerprint density at radius 2 is 1.96 bits per heavy atom. The van der Waals surface area contributed by atoms with Crippen LogP contribution >= 0.6 is 23.2 Å². The Kier molecular flexibility index (Phi) is 6.36. The number of hydrogen-bond acceptors (Lipinski definition) is 5. The molecule has 1 aromatic carbocycles. The van der Waals surface area contributed by atoms with Gasteiger partial charge < -0.3 is 14.8 Å². The van der Waals surface area contributed by atoms with Crippen molar-refractivity contribution in [2.24, 2.45) is 5.92 Å². The van der Waals surface area contributed by atoms with Crippen molar-refractivity contribution in [1.29, 1.82) is 0 Å². The van der Waals surface area contributed by atoms with E-state index in [4.69, 9.17) is 32.7 Å². The summed E-state index contributed by atoms with van der Waals surface area (Å²) >= 11 is 12.6. The maximum absolute atomic E-state index is 12.6. The monoisotopic (exact) mass is 385 g/mol. The predicted octanol–water partition coefficient (Wildman–Crippen LogP) is 3.70. The number of benzene rings is 1. The first-order valence-electron chi connectivity index (χ1n) is 7.99. The zero-order valence-electron chi connectivity index (χ0n) is 14.6. The first-order chi connectivity index (χ1) is 11.8. The molecule has 1 aliphatic rings. The fourth-order valence-corrected chi connectivity index (χ4v) is 3.71. The van der Waals surface area contributed by atoms with Crippen molar-refractivity contribution < 1.29 is 19.1 Å². The smallest absolute Gasteiger partial charge is 0.336 e. The van der Waals surface area contributed by atoms with Gasteiger partial charge in [-0.3, -0.25) is 4.79 Å². The number of carbonyl (C=O) groups is 2. The molecule has 0 aliphatic carbocycles. The van der Waals surface area contributed by atoms with E-state index in [-0.39, 0.29) is 12.6 Å². The molecule has 0 saturated carbocycles. The van der Waals surface area contributed by atoms with E-state index in [1.165, 1.54) is 7.11 Å². The Labute approximate surface area is 157 Å². The molecule has 3 unspecified atom stereocenters. The van der Waals surface area contributed by atoms with E-state index in [1.54, 1.807) is 32.0 Å². The van der Waals surface area contributed by atoms with Gasteiger partial charge in [-0.25, -0.2) is 4.79 Å². The summed E-state index contributed by atoms with van der Waals surface area (Å²) in [6.45, 7) is 5.62. The van der Waals surface area contributed by atoms with Crippen molar-refractivity contribution in [3.63, 3.8) is 0 Å². The van der Waals surface area contributed by atoms with Gasteiger partial charge in [0.25, 0.3) is 0 Å². The van der Waals surface area contributed by atoms with Gasteiger partial charge in [0.2, 0.25) is 0 Å². The standard InChI is InChI=1S/C18H21Cl2NO4/c1-5-25-18(23)14-10(3)21-9(2)13(17(22)24-4)15(14)11-7-6-8-12(19)16(11)20/h6-8,10,14-15,21H,5H2,1-4H3. The summed E-state index contributed by atoms with van der Waals surface area (Å²) in [5.41, 5.74) is 1.59. The lowest BCUT2D eigenvalue weighted by atomic mass is 9.73. The number of halogens is 2. The van der Waals surface area contributed by atoms with Crippen LogP contribution in [0.15, 0.2) is 29.5 Å². The molecule has 0 bridgehead atoms. The van der Waals surface area contributed by atoms with Crippen LogP contribution in [0.2, 0.25) is 10.0 Å². The highest BCUT2D eigenvalue weighted by molar-refractivity contribution is 6.42. The molecule has 0 spiro atoms. The van der Waals surface area contributed by atoms with Gasteiger partial charge >= 0.3 is 11.9 Å². The van der Waals surface area contributed by atoms with Gasteiger partial charge in [-0.15, -0.1) is 0 Å². The molecule has 7 heteroatoms. The van der Waals surface area contributed by atoms with Crippen molar-refractivity contribution in [3.8, 4) is 0 Å². The molecule has 0 radical (unpaired) electrons. The molecule has 136 valence electrons. The highest BCUT2D eigenvalue weighted by atomic mass is 35.5. The summed E-state index contributed by atoms with van der Waals surface area (Å²) in [5.74, 6) is -2.19. The molecule has 2 rings (SSSR count). The third-order valence-electron chi connectivity index (χ3n) is 4.34. The van der Waals surface area contributed by atoms with E-state index in [0.29, 0.717) is 26.9 Å². The van der Waals surface area contributed by atoms with Crippen LogP contribution in [0.1, 0.15) is 32.3 Å². The summed E-state index contributed by atoms with van der Waals surface area (Å²) in [4.78, 5) is 25.1. The van der Waals surface area contributed by atoms with Crippen molar-refractivity contribution >= 4 is 35.1 Å². The fourth-order valence-electron chi connectivity index (χ4n) is 3.29. The molecule has 0 aromatic heterocycles. The van der Waals surface area contributed by atoms with Crippen LogP contribution in [0.5, 0.6) is 0 Å². The largest absolute Gasteiger partial charge is 0.466 e. The second kappa shape index (κ2) is 8.11. The number of methoxy groups -OCH3 is 1. The van der Waals surface area contributed by atoms with E-state index in [0.717, 1.165) is 0 Å². The van der Waals surface area contributed by atoms with Crippen LogP contribution in [0.4, 0.5) is 0 Å². The normalized spacial score (nSPS) is 23.0. The summed E-state index contributed by atoms with van der Waals surface area (Å²) in [7, 11) is 1.30. The lowest BCUT2D eigenvalue weighted by molar-refractivity contribution is -0.150. The number of carbonyl (C=O) groups excluding carboxylic acids is 2. The van der Waals surface area contributed by atoms with Gasteiger partial charge in [0.15, 0.2) is 0 Å². The Morgan fingerprint density at radius 3 is 2.56 bits per heavy atom. The van der Waals surface area contributed by atoms with Crippen LogP contribution < -0.4 is 5.32 Å². The van der Waals surface area contributed by atoms with Gasteiger partial charge in [-0.1, -0.05) is 35.3 Å². The van der Waals surface area contributed by atoms with Gasteiger partial charge in [0.1, 0.15) is 0 Å². The van der Waals surface area contributed by atoms with E-state index in [9.17, 15) is 9.59 Å². The SMILES string of the molecule is CCOC(=O)C1C(C)NC(C)=C(C(=O)OC)C1c1cccc(Cl)c1Cl. The van der Waals surface area contributed by atoms with Crippen LogP contribution in [-0.4, -0.2) is 31.7 Å². The van der Waals surface area contributed by atoms with Crippen molar-refractivity contribution in [2.75, 3.05) is 13.7 Å². The number of rotatable bonds is 4. The molecule has 1 heterocycles. The summed E-state index contributed by atoms with van der Waals surface area (Å²) in [5, 5.41) is 3.84. The molecule has 1 aromatic rings. The molecular weight excluding hydrogens is 365 g/mol. The Morgan fingerprint density at radius 1 is 1.28 bits per heavy atom. The second-order valence-electron chi connectivity index (χ2n) is 5.86. The molecule has 1 aliphatic heterocycles. The van der Waals surface area contributed by atoms with E-state index < -0.39 is 23.8 Å². The molecule has 0 amide bonds. The number of allylic oxidation sites excluding steroid dienone is 1. The topological polar surface area (TPSA) is 64.6 Å². The van der Waals surface area contributed by atoms with E-state index >= 15 is 0 Å². The van der Waals surface area contributed by atoms with Gasteiger partial charge in [0.05, 0.1) is 35.3 Å². The average molecular weight is 386 g/mol. The zero-order chi connectivity index (χ0) is 18.7. The van der Waals surface area contributed by atoms with Crippen LogP contribution in [0.3, 0.4) is 0 Å². The van der Waals surface area contributed by atoms with E-state index in [2.05, 4.69) is 5.32 Å². The Hall–Kier alpha value is -1.72. The number of ether oxygens (including phenoxy) is 2. The highest BCUT2D eigenvalue weighted by Crippen LogP contribution is 2.44. The third-order valence-corrected chi connectivity index (χ3v) is 5.17. The van der Waals surface area contributed by atoms with Crippen LogP contribution in [0.25, 0.3) is 0 Å². The lowest BCUT2D eigenvalue weighted by Gasteiger charge is -2.38. The van der Waals surface area contributed by atoms with Crippen molar-refractivity contribution in [1.82, 2.24) is 5.32 Å². The Balaban J connectivity index is 2.69. The maximum atomic E-state index is 12.6. The second-order valence-corrected chi connectivity index (χ2v) is 6.65. The highest BCUT2D eigenvalue weighted by Gasteiger charge is 2.45. The first-order valence-corrected chi connectivity index (χ1v) is 8.75. The number of esters is 2. The van der Waals surface area contributed by atoms with Crippen LogP contribution in [-0.2, 0) is 19.1 Å². The maximum Gasteiger partial charge on any atom is 0.336 e. The summed E-state index contributed by atoms with van der Waals surface area (Å²) in [6, 6.07) is 4.90. The molecule has 25 heavy (non-hydrogen) atoms. The van der Waals surface area contributed by atoms with Crippen molar-refractivity contribution in [2.45, 2.75) is 32.7 Å². The minimum Gasteiger partial charge on any atom is -0.466 e. The minimum absolute atomic E-state index is 0.244.